The molecule has 152 valence electrons. The van der Waals surface area contributed by atoms with Crippen LogP contribution in [0.1, 0.15) is 34.9 Å². The van der Waals surface area contributed by atoms with Crippen LogP contribution in [0.25, 0.3) is 21.8 Å². The average Bonchev–Trinajstić information content (AvgIpc) is 3.02. The Balaban J connectivity index is 1.70. The zero-order chi connectivity index (χ0) is 22.0. The highest BCUT2D eigenvalue weighted by atomic mass is 16.5. The van der Waals surface area contributed by atoms with E-state index in [0.29, 0.717) is 17.8 Å². The standard InChI is InChI=1S/C27H23N3O/c1-18-19(2)30(4)26-13-11-20(14-24(18)26)10-12-23-15-22(25(17-28)29-3)16-27(31-23)21-8-6-5-7-9-21/h5-15,27H,16H2,1-2,4H3. The highest BCUT2D eigenvalue weighted by Crippen LogP contribution is 2.35. The van der Waals surface area contributed by atoms with Crippen molar-refractivity contribution in [1.29, 1.82) is 5.26 Å². The molecule has 0 N–H and O–H groups in total. The van der Waals surface area contributed by atoms with Crippen molar-refractivity contribution in [1.82, 2.24) is 4.57 Å². The Morgan fingerprint density at radius 2 is 1.97 bits per heavy atom. The van der Waals surface area contributed by atoms with Crippen LogP contribution in [0.3, 0.4) is 0 Å². The lowest BCUT2D eigenvalue weighted by Crippen LogP contribution is -2.10. The van der Waals surface area contributed by atoms with E-state index in [4.69, 9.17) is 11.3 Å². The molecule has 1 aliphatic rings. The Morgan fingerprint density at radius 1 is 1.19 bits per heavy atom. The quantitative estimate of drug-likeness (QED) is 0.366. The predicted octanol–water partition coefficient (Wildman–Crippen LogP) is 6.55. The van der Waals surface area contributed by atoms with E-state index in [2.05, 4.69) is 48.5 Å². The molecule has 1 aliphatic heterocycles. The number of benzene rings is 2. The van der Waals surface area contributed by atoms with Crippen LogP contribution in [0.15, 0.2) is 77.7 Å². The fourth-order valence-corrected chi connectivity index (χ4v) is 4.00. The van der Waals surface area contributed by atoms with Crippen molar-refractivity contribution in [2.24, 2.45) is 7.05 Å². The zero-order valence-corrected chi connectivity index (χ0v) is 17.9. The van der Waals surface area contributed by atoms with Crippen molar-refractivity contribution in [3.05, 3.63) is 112 Å². The Labute approximate surface area is 182 Å². The monoisotopic (exact) mass is 405 g/mol. The van der Waals surface area contributed by atoms with Gasteiger partial charge in [-0.2, -0.15) is 0 Å². The second kappa shape index (κ2) is 8.38. The highest BCUT2D eigenvalue weighted by molar-refractivity contribution is 5.87. The number of aromatic nitrogens is 1. The number of hydrogen-bond acceptors (Lipinski definition) is 2. The van der Waals surface area contributed by atoms with Crippen LogP contribution < -0.4 is 0 Å². The van der Waals surface area contributed by atoms with Gasteiger partial charge in [-0.15, -0.1) is 0 Å². The van der Waals surface area contributed by atoms with Gasteiger partial charge in [0.05, 0.1) is 12.6 Å². The summed E-state index contributed by atoms with van der Waals surface area (Å²) in [7, 11) is 2.09. The molecule has 1 atom stereocenters. The molecule has 3 aromatic rings. The molecular formula is C27H23N3O. The first-order chi connectivity index (χ1) is 15.0. The molecule has 0 fully saturated rings. The Morgan fingerprint density at radius 3 is 2.68 bits per heavy atom. The molecule has 0 saturated carbocycles. The minimum Gasteiger partial charge on any atom is -0.485 e. The number of nitriles is 1. The van der Waals surface area contributed by atoms with E-state index >= 15 is 0 Å². The molecule has 4 nitrogen and oxygen atoms in total. The van der Waals surface area contributed by atoms with E-state index < -0.39 is 0 Å². The smallest absolute Gasteiger partial charge is 0.265 e. The van der Waals surface area contributed by atoms with Crippen LogP contribution in [0.4, 0.5) is 0 Å². The maximum absolute atomic E-state index is 9.37. The zero-order valence-electron chi connectivity index (χ0n) is 17.9. The van der Waals surface area contributed by atoms with Crippen LogP contribution in [0.2, 0.25) is 0 Å². The van der Waals surface area contributed by atoms with Gasteiger partial charge in [-0.1, -0.05) is 42.5 Å². The third kappa shape index (κ3) is 3.89. The molecular weight excluding hydrogens is 382 g/mol. The van der Waals surface area contributed by atoms with Gasteiger partial charge in [0, 0.05) is 30.1 Å². The molecule has 0 aliphatic carbocycles. The molecule has 0 radical (unpaired) electrons. The molecule has 4 heteroatoms. The van der Waals surface area contributed by atoms with E-state index in [-0.39, 0.29) is 11.8 Å². The lowest BCUT2D eigenvalue weighted by molar-refractivity contribution is 0.118. The summed E-state index contributed by atoms with van der Waals surface area (Å²) in [5, 5.41) is 10.6. The molecule has 4 rings (SSSR count). The summed E-state index contributed by atoms with van der Waals surface area (Å²) in [6, 6.07) is 18.3. The summed E-state index contributed by atoms with van der Waals surface area (Å²) in [5.74, 6) is 0.646. The van der Waals surface area contributed by atoms with Crippen LogP contribution in [0.5, 0.6) is 0 Å². The lowest BCUT2D eigenvalue weighted by Gasteiger charge is -2.25. The summed E-state index contributed by atoms with van der Waals surface area (Å²) in [5.41, 5.74) is 6.69. The average molecular weight is 406 g/mol. The summed E-state index contributed by atoms with van der Waals surface area (Å²) in [6.45, 7) is 11.6. The third-order valence-electron chi connectivity index (χ3n) is 5.97. The highest BCUT2D eigenvalue weighted by Gasteiger charge is 2.22. The van der Waals surface area contributed by atoms with Crippen molar-refractivity contribution in [3.8, 4) is 6.07 Å². The fourth-order valence-electron chi connectivity index (χ4n) is 4.00. The van der Waals surface area contributed by atoms with Gasteiger partial charge < -0.3 is 9.30 Å². The Hall–Kier alpha value is -4.02. The predicted molar refractivity (Wildman–Crippen MR) is 124 cm³/mol. The van der Waals surface area contributed by atoms with Crippen molar-refractivity contribution in [2.45, 2.75) is 26.4 Å². The van der Waals surface area contributed by atoms with E-state index in [1.807, 2.05) is 54.6 Å². The SMILES string of the molecule is [C-]#[N+]C(C#N)=C1C=C(C=Cc2ccc3c(c2)c(C)c(C)n3C)OC(c2ccccc2)C1. The maximum Gasteiger partial charge on any atom is 0.265 e. The Kier molecular flexibility index (Phi) is 5.48. The van der Waals surface area contributed by atoms with Crippen LogP contribution in [0, 0.1) is 31.8 Å². The first kappa shape index (κ1) is 20.3. The lowest BCUT2D eigenvalue weighted by atomic mass is 9.97. The van der Waals surface area contributed by atoms with Gasteiger partial charge in [0.15, 0.2) is 0 Å². The first-order valence-electron chi connectivity index (χ1n) is 10.2. The molecule has 1 unspecified atom stereocenters. The summed E-state index contributed by atoms with van der Waals surface area (Å²) in [6.07, 6.45) is 6.01. The number of allylic oxidation sites excluding steroid dienone is 3. The van der Waals surface area contributed by atoms with E-state index in [9.17, 15) is 5.26 Å². The molecule has 0 amide bonds. The summed E-state index contributed by atoms with van der Waals surface area (Å²) < 4.78 is 8.43. The van der Waals surface area contributed by atoms with Gasteiger partial charge in [0.2, 0.25) is 0 Å². The summed E-state index contributed by atoms with van der Waals surface area (Å²) in [4.78, 5) is 3.41. The van der Waals surface area contributed by atoms with Crippen molar-refractivity contribution >= 4 is 17.0 Å². The molecule has 0 spiro atoms. The molecule has 1 aromatic heterocycles. The van der Waals surface area contributed by atoms with Gasteiger partial charge in [-0.05, 0) is 60.4 Å². The number of hydrogen-bond donors (Lipinski definition) is 0. The normalized spacial score (nSPS) is 17.7. The van der Waals surface area contributed by atoms with Crippen molar-refractivity contribution in [2.75, 3.05) is 0 Å². The van der Waals surface area contributed by atoms with E-state index in [1.165, 1.54) is 22.2 Å². The first-order valence-corrected chi connectivity index (χ1v) is 10.2. The van der Waals surface area contributed by atoms with Crippen LogP contribution in [-0.4, -0.2) is 4.57 Å². The minimum absolute atomic E-state index is 0.118. The molecule has 31 heavy (non-hydrogen) atoms. The molecule has 2 heterocycles. The topological polar surface area (TPSA) is 42.3 Å². The van der Waals surface area contributed by atoms with Crippen molar-refractivity contribution < 1.29 is 4.74 Å². The number of aryl methyl sites for hydroxylation is 2. The largest absolute Gasteiger partial charge is 0.485 e. The van der Waals surface area contributed by atoms with Gasteiger partial charge in [0.1, 0.15) is 11.9 Å². The minimum atomic E-state index is -0.229. The Bertz CT molecular complexity index is 1310. The number of ether oxygens (including phenoxy) is 1. The van der Waals surface area contributed by atoms with E-state index in [0.717, 1.165) is 11.1 Å². The van der Waals surface area contributed by atoms with Crippen LogP contribution >= 0.6 is 0 Å². The van der Waals surface area contributed by atoms with Gasteiger partial charge >= 0.3 is 0 Å². The number of fused-ring (bicyclic) bond motifs is 1. The molecule has 0 saturated heterocycles. The summed E-state index contributed by atoms with van der Waals surface area (Å²) >= 11 is 0. The second-order valence-electron chi connectivity index (χ2n) is 7.74. The third-order valence-corrected chi connectivity index (χ3v) is 5.97. The number of nitrogens with zero attached hydrogens (tertiary/aromatic N) is 3. The van der Waals surface area contributed by atoms with E-state index in [1.54, 1.807) is 0 Å². The van der Waals surface area contributed by atoms with Crippen LogP contribution in [-0.2, 0) is 11.8 Å². The second-order valence-corrected chi connectivity index (χ2v) is 7.74. The van der Waals surface area contributed by atoms with Gasteiger partial charge in [0.25, 0.3) is 5.70 Å². The molecule has 0 bridgehead atoms. The van der Waals surface area contributed by atoms with Gasteiger partial charge in [-0.3, -0.25) is 0 Å². The maximum atomic E-state index is 9.37. The fraction of sp³-hybridized carbons (Fsp3) is 0.185. The molecule has 2 aromatic carbocycles. The van der Waals surface area contributed by atoms with Crippen molar-refractivity contribution in [3.63, 3.8) is 0 Å². The van der Waals surface area contributed by atoms with Gasteiger partial charge in [-0.25, -0.2) is 10.1 Å². The number of rotatable bonds is 3.